The van der Waals surface area contributed by atoms with Crippen LogP contribution in [0.1, 0.15) is 16.8 Å². The highest BCUT2D eigenvalue weighted by atomic mass is 16.5. The summed E-state index contributed by atoms with van der Waals surface area (Å²) in [4.78, 5) is 4.46. The maximum absolute atomic E-state index is 6.05. The van der Waals surface area contributed by atoms with Crippen LogP contribution >= 0.6 is 0 Å². The van der Waals surface area contributed by atoms with Gasteiger partial charge in [-0.05, 0) is 35.4 Å². The fourth-order valence-electron chi connectivity index (χ4n) is 2.58. The number of imidazole rings is 1. The molecule has 3 aromatic rings. The molecule has 0 aliphatic heterocycles. The summed E-state index contributed by atoms with van der Waals surface area (Å²) in [5.41, 5.74) is 9.32. The van der Waals surface area contributed by atoms with Gasteiger partial charge in [-0.15, -0.1) is 0 Å². The van der Waals surface area contributed by atoms with Gasteiger partial charge in [0.05, 0.1) is 26.5 Å². The maximum atomic E-state index is 6.05. The van der Waals surface area contributed by atoms with Crippen LogP contribution in [0.3, 0.4) is 0 Å². The highest BCUT2D eigenvalue weighted by molar-refractivity contribution is 5.33. The Morgan fingerprint density at radius 2 is 1.42 bits per heavy atom. The quantitative estimate of drug-likeness (QED) is 0.757. The van der Waals surface area contributed by atoms with Gasteiger partial charge >= 0.3 is 0 Å². The lowest BCUT2D eigenvalue weighted by Gasteiger charge is -2.05. The molecule has 2 N–H and O–H groups in total. The molecule has 0 fully saturated rings. The van der Waals surface area contributed by atoms with Crippen LogP contribution < -0.4 is 15.2 Å². The van der Waals surface area contributed by atoms with Gasteiger partial charge in [-0.1, -0.05) is 24.3 Å². The van der Waals surface area contributed by atoms with E-state index < -0.39 is 0 Å². The van der Waals surface area contributed by atoms with Crippen LogP contribution in [0.25, 0.3) is 0 Å². The first-order valence-corrected chi connectivity index (χ1v) is 7.75. The molecular formula is C19H21N3O2. The van der Waals surface area contributed by atoms with E-state index in [0.29, 0.717) is 12.5 Å². The summed E-state index contributed by atoms with van der Waals surface area (Å²) >= 11 is 0. The number of anilines is 1. The topological polar surface area (TPSA) is 62.3 Å². The molecule has 0 spiro atoms. The van der Waals surface area contributed by atoms with Gasteiger partial charge in [0.2, 0.25) is 5.95 Å². The smallest absolute Gasteiger partial charge is 0.200 e. The highest BCUT2D eigenvalue weighted by Crippen LogP contribution is 2.17. The number of ether oxygens (including phenoxy) is 2. The average Bonchev–Trinajstić information content (AvgIpc) is 2.95. The molecule has 0 saturated heterocycles. The molecule has 1 heterocycles. The van der Waals surface area contributed by atoms with Gasteiger partial charge in [-0.3, -0.25) is 0 Å². The summed E-state index contributed by atoms with van der Waals surface area (Å²) in [7, 11) is 3.32. The van der Waals surface area contributed by atoms with Gasteiger partial charge in [0.1, 0.15) is 11.5 Å². The Morgan fingerprint density at radius 3 is 1.96 bits per heavy atom. The van der Waals surface area contributed by atoms with Crippen LogP contribution in [-0.4, -0.2) is 23.8 Å². The lowest BCUT2D eigenvalue weighted by molar-refractivity contribution is 0.414. The van der Waals surface area contributed by atoms with Crippen molar-refractivity contribution in [2.24, 2.45) is 0 Å². The minimum Gasteiger partial charge on any atom is -0.497 e. The van der Waals surface area contributed by atoms with Crippen molar-refractivity contribution in [3.8, 4) is 11.5 Å². The SMILES string of the molecule is COc1ccc(Cc2cn(Cc3ccc(OC)cc3)c(N)n2)cc1. The van der Waals surface area contributed by atoms with E-state index in [9.17, 15) is 0 Å². The van der Waals surface area contributed by atoms with Crippen molar-refractivity contribution in [3.05, 3.63) is 71.5 Å². The largest absolute Gasteiger partial charge is 0.497 e. The molecule has 2 aromatic carbocycles. The molecule has 24 heavy (non-hydrogen) atoms. The minimum atomic E-state index is 0.523. The van der Waals surface area contributed by atoms with Crippen molar-refractivity contribution in [1.29, 1.82) is 0 Å². The second-order valence-corrected chi connectivity index (χ2v) is 5.59. The van der Waals surface area contributed by atoms with Crippen molar-refractivity contribution in [3.63, 3.8) is 0 Å². The number of hydrogen-bond acceptors (Lipinski definition) is 4. The number of nitrogen functional groups attached to an aromatic ring is 1. The van der Waals surface area contributed by atoms with Crippen LogP contribution in [0, 0.1) is 0 Å². The molecular weight excluding hydrogens is 302 g/mol. The molecule has 0 radical (unpaired) electrons. The van der Waals surface area contributed by atoms with Crippen LogP contribution in [0.5, 0.6) is 11.5 Å². The summed E-state index contributed by atoms with van der Waals surface area (Å²) in [5.74, 6) is 2.22. The normalized spacial score (nSPS) is 10.6. The number of nitrogens with two attached hydrogens (primary N) is 1. The molecule has 1 aromatic heterocycles. The molecule has 0 saturated carbocycles. The molecule has 0 unspecified atom stereocenters. The van der Waals surface area contributed by atoms with Gasteiger partial charge in [-0.25, -0.2) is 4.98 Å². The number of aromatic nitrogens is 2. The fourth-order valence-corrected chi connectivity index (χ4v) is 2.58. The van der Waals surface area contributed by atoms with E-state index in [-0.39, 0.29) is 0 Å². The van der Waals surface area contributed by atoms with Gasteiger partial charge < -0.3 is 19.8 Å². The zero-order valence-electron chi connectivity index (χ0n) is 13.9. The second-order valence-electron chi connectivity index (χ2n) is 5.59. The third kappa shape index (κ3) is 3.68. The zero-order chi connectivity index (χ0) is 16.9. The standard InChI is InChI=1S/C19H21N3O2/c1-23-17-7-3-14(4-8-17)11-16-13-22(19(20)21-16)12-15-5-9-18(24-2)10-6-15/h3-10,13H,11-12H2,1-2H3,(H2,20,21). The Morgan fingerprint density at radius 1 is 0.875 bits per heavy atom. The minimum absolute atomic E-state index is 0.523. The van der Waals surface area contributed by atoms with E-state index in [2.05, 4.69) is 4.98 Å². The lowest BCUT2D eigenvalue weighted by atomic mass is 10.1. The highest BCUT2D eigenvalue weighted by Gasteiger charge is 2.07. The lowest BCUT2D eigenvalue weighted by Crippen LogP contribution is -2.03. The van der Waals surface area contributed by atoms with Crippen LogP contribution in [0.4, 0.5) is 5.95 Å². The van der Waals surface area contributed by atoms with Gasteiger partial charge in [-0.2, -0.15) is 0 Å². The van der Waals surface area contributed by atoms with E-state index >= 15 is 0 Å². The molecule has 124 valence electrons. The van der Waals surface area contributed by atoms with E-state index in [1.165, 1.54) is 5.56 Å². The van der Waals surface area contributed by atoms with Gasteiger partial charge in [0.15, 0.2) is 0 Å². The van der Waals surface area contributed by atoms with Crippen LogP contribution in [-0.2, 0) is 13.0 Å². The summed E-state index contributed by atoms with van der Waals surface area (Å²) in [5, 5.41) is 0. The summed E-state index contributed by atoms with van der Waals surface area (Å²) in [6, 6.07) is 15.9. The number of hydrogen-bond donors (Lipinski definition) is 1. The zero-order valence-corrected chi connectivity index (χ0v) is 13.9. The average molecular weight is 323 g/mol. The Hall–Kier alpha value is -2.95. The molecule has 0 aliphatic carbocycles. The first kappa shape index (κ1) is 15.9. The molecule has 3 rings (SSSR count). The van der Waals surface area contributed by atoms with E-state index in [1.807, 2.05) is 59.3 Å². The molecule has 0 bridgehead atoms. The Labute approximate surface area is 141 Å². The van der Waals surface area contributed by atoms with Crippen molar-refractivity contribution in [1.82, 2.24) is 9.55 Å². The second kappa shape index (κ2) is 7.08. The fraction of sp³-hybridized carbons (Fsp3) is 0.211. The van der Waals surface area contributed by atoms with E-state index in [0.717, 1.165) is 29.2 Å². The summed E-state index contributed by atoms with van der Waals surface area (Å²) < 4.78 is 12.3. The summed E-state index contributed by atoms with van der Waals surface area (Å²) in [6.07, 6.45) is 2.74. The third-order valence-electron chi connectivity index (χ3n) is 3.91. The molecule has 5 heteroatoms. The number of nitrogens with zero attached hydrogens (tertiary/aromatic N) is 2. The molecule has 0 atom stereocenters. The van der Waals surface area contributed by atoms with Gasteiger partial charge in [0, 0.05) is 12.6 Å². The molecule has 0 aliphatic rings. The maximum Gasteiger partial charge on any atom is 0.200 e. The Bertz CT molecular complexity index is 792. The first-order valence-electron chi connectivity index (χ1n) is 7.75. The first-order chi connectivity index (χ1) is 11.7. The summed E-state index contributed by atoms with van der Waals surface area (Å²) in [6.45, 7) is 0.686. The monoisotopic (exact) mass is 323 g/mol. The number of methoxy groups -OCH3 is 2. The Kier molecular flexibility index (Phi) is 4.70. The van der Waals surface area contributed by atoms with Crippen LogP contribution in [0.15, 0.2) is 54.7 Å². The predicted octanol–water partition coefficient (Wildman–Crippen LogP) is 3.12. The number of benzene rings is 2. The van der Waals surface area contributed by atoms with Gasteiger partial charge in [0.25, 0.3) is 0 Å². The van der Waals surface area contributed by atoms with E-state index in [1.54, 1.807) is 14.2 Å². The van der Waals surface area contributed by atoms with E-state index in [4.69, 9.17) is 15.2 Å². The van der Waals surface area contributed by atoms with Crippen LogP contribution in [0.2, 0.25) is 0 Å². The predicted molar refractivity (Wildman–Crippen MR) is 94.5 cm³/mol. The van der Waals surface area contributed by atoms with Crippen molar-refractivity contribution in [2.75, 3.05) is 20.0 Å². The Balaban J connectivity index is 1.71. The molecule has 5 nitrogen and oxygen atoms in total. The third-order valence-corrected chi connectivity index (χ3v) is 3.91. The molecule has 0 amide bonds. The van der Waals surface area contributed by atoms with Crippen molar-refractivity contribution in [2.45, 2.75) is 13.0 Å². The van der Waals surface area contributed by atoms with Crippen molar-refractivity contribution >= 4 is 5.95 Å². The number of rotatable bonds is 6. The van der Waals surface area contributed by atoms with Crippen molar-refractivity contribution < 1.29 is 9.47 Å².